The third kappa shape index (κ3) is 4.63. The van der Waals surface area contributed by atoms with Crippen molar-refractivity contribution < 1.29 is 0 Å². The van der Waals surface area contributed by atoms with Crippen LogP contribution in [0.3, 0.4) is 0 Å². The van der Waals surface area contributed by atoms with Crippen molar-refractivity contribution in [3.8, 4) is 6.07 Å². The Morgan fingerprint density at radius 2 is 2.22 bits per heavy atom. The van der Waals surface area contributed by atoms with Gasteiger partial charge in [-0.2, -0.15) is 5.26 Å². The number of nitrogens with one attached hydrogen (secondary N) is 1. The van der Waals surface area contributed by atoms with Crippen LogP contribution >= 0.6 is 11.3 Å². The Balaban J connectivity index is 2.60. The number of hydrogen-bond acceptors (Lipinski definition) is 5. The van der Waals surface area contributed by atoms with Crippen LogP contribution in [-0.2, 0) is 6.54 Å². The lowest BCUT2D eigenvalue weighted by Gasteiger charge is -2.22. The molecule has 1 rings (SSSR count). The van der Waals surface area contributed by atoms with Crippen LogP contribution in [0.1, 0.15) is 39.8 Å². The quantitative estimate of drug-likeness (QED) is 0.890. The van der Waals surface area contributed by atoms with Crippen LogP contribution in [0.5, 0.6) is 0 Å². The largest absolute Gasteiger partial charge is 0.347 e. The first-order chi connectivity index (χ1) is 8.33. The number of hydrogen-bond donors (Lipinski definition) is 1. The van der Waals surface area contributed by atoms with Gasteiger partial charge in [0.05, 0.1) is 18.2 Å². The molecule has 0 spiro atoms. The van der Waals surface area contributed by atoms with Crippen molar-refractivity contribution in [3.63, 3.8) is 0 Å². The van der Waals surface area contributed by atoms with Gasteiger partial charge in [-0.1, -0.05) is 0 Å². The summed E-state index contributed by atoms with van der Waals surface area (Å²) in [5.41, 5.74) is 1.16. The Bertz CT molecular complexity index is 413. The summed E-state index contributed by atoms with van der Waals surface area (Å²) in [6, 6.07) is 2.39. The van der Waals surface area contributed by atoms with E-state index in [2.05, 4.69) is 47.4 Å². The molecule has 1 N–H and O–H groups in total. The van der Waals surface area contributed by atoms with Gasteiger partial charge in [0.25, 0.3) is 0 Å². The summed E-state index contributed by atoms with van der Waals surface area (Å²) >= 11 is 1.63. The molecule has 0 aliphatic carbocycles. The van der Waals surface area contributed by atoms with Crippen molar-refractivity contribution >= 4 is 16.5 Å². The van der Waals surface area contributed by atoms with Gasteiger partial charge < -0.3 is 10.2 Å². The number of nitrogens with zero attached hydrogens (tertiary/aromatic N) is 3. The van der Waals surface area contributed by atoms with Crippen molar-refractivity contribution in [2.24, 2.45) is 0 Å². The first kappa shape index (κ1) is 14.9. The van der Waals surface area contributed by atoms with Crippen LogP contribution in [0.2, 0.25) is 0 Å². The molecule has 1 unspecified atom stereocenters. The minimum absolute atomic E-state index is 0.101. The summed E-state index contributed by atoms with van der Waals surface area (Å²) in [6.07, 6.45) is 0.519. The molecular formula is C13H22N4S. The highest BCUT2D eigenvalue weighted by Crippen LogP contribution is 2.22. The molecule has 4 nitrogen and oxygen atoms in total. The van der Waals surface area contributed by atoms with E-state index in [1.165, 1.54) is 0 Å². The van der Waals surface area contributed by atoms with Gasteiger partial charge in [0.1, 0.15) is 0 Å². The molecule has 18 heavy (non-hydrogen) atoms. The zero-order valence-corrected chi connectivity index (χ0v) is 12.6. The van der Waals surface area contributed by atoms with E-state index in [-0.39, 0.29) is 11.6 Å². The van der Waals surface area contributed by atoms with Crippen molar-refractivity contribution in [3.05, 3.63) is 11.1 Å². The number of rotatable bonds is 5. The fraction of sp³-hybridized carbons (Fsp3) is 0.692. The Morgan fingerprint density at radius 3 is 2.78 bits per heavy atom. The standard InChI is InChI=1S/C13H22N4S/c1-10(6-7-14)17(5)12-16-11(9-18-12)8-15-13(2,3)4/h9-10,15H,6,8H2,1-5H3. The molecule has 1 atom stereocenters. The van der Waals surface area contributed by atoms with Crippen LogP contribution in [0.15, 0.2) is 5.38 Å². The average molecular weight is 266 g/mol. The number of thiazole rings is 1. The second kappa shape index (κ2) is 6.17. The third-order valence-corrected chi connectivity index (χ3v) is 3.67. The first-order valence-corrected chi connectivity index (χ1v) is 7.00. The van der Waals surface area contributed by atoms with Gasteiger partial charge in [-0.05, 0) is 27.7 Å². The van der Waals surface area contributed by atoms with Crippen LogP contribution in [-0.4, -0.2) is 23.6 Å². The topological polar surface area (TPSA) is 52.0 Å². The van der Waals surface area contributed by atoms with Crippen LogP contribution in [0, 0.1) is 11.3 Å². The first-order valence-electron chi connectivity index (χ1n) is 6.12. The van der Waals surface area contributed by atoms with Crippen molar-refractivity contribution in [1.29, 1.82) is 5.26 Å². The van der Waals surface area contributed by atoms with Gasteiger partial charge in [-0.25, -0.2) is 4.98 Å². The van der Waals surface area contributed by atoms with E-state index in [0.29, 0.717) is 6.42 Å². The lowest BCUT2D eigenvalue weighted by Crippen LogP contribution is -2.35. The van der Waals surface area contributed by atoms with Gasteiger partial charge in [0, 0.05) is 30.6 Å². The maximum Gasteiger partial charge on any atom is 0.185 e. The van der Waals surface area contributed by atoms with E-state index in [1.807, 2.05) is 14.0 Å². The normalized spacial score (nSPS) is 13.1. The van der Waals surface area contributed by atoms with E-state index in [9.17, 15) is 0 Å². The molecule has 0 bridgehead atoms. The minimum Gasteiger partial charge on any atom is -0.347 e. The molecule has 1 heterocycles. The van der Waals surface area contributed by atoms with Crippen LogP contribution in [0.4, 0.5) is 5.13 Å². The Kier molecular flexibility index (Phi) is 5.12. The fourth-order valence-corrected chi connectivity index (χ4v) is 2.25. The molecule has 100 valence electrons. The molecule has 0 aromatic carbocycles. The van der Waals surface area contributed by atoms with Gasteiger partial charge in [-0.3, -0.25) is 0 Å². The SMILES string of the molecule is CC(CC#N)N(C)c1nc(CNC(C)(C)C)cs1. The van der Waals surface area contributed by atoms with Crippen molar-refractivity contribution in [2.45, 2.75) is 52.2 Å². The summed E-state index contributed by atoms with van der Waals surface area (Å²) in [6.45, 7) is 9.24. The van der Waals surface area contributed by atoms with Gasteiger partial charge in [-0.15, -0.1) is 11.3 Å². The van der Waals surface area contributed by atoms with Crippen molar-refractivity contribution in [2.75, 3.05) is 11.9 Å². The van der Waals surface area contributed by atoms with E-state index < -0.39 is 0 Å². The molecular weight excluding hydrogens is 244 g/mol. The summed E-state index contributed by atoms with van der Waals surface area (Å²) < 4.78 is 0. The van der Waals surface area contributed by atoms with Gasteiger partial charge in [0.2, 0.25) is 0 Å². The third-order valence-electron chi connectivity index (χ3n) is 2.69. The summed E-state index contributed by atoms with van der Waals surface area (Å²) in [5, 5.41) is 15.2. The number of nitriles is 1. The molecule has 0 saturated heterocycles. The molecule has 1 aromatic heterocycles. The lowest BCUT2D eigenvalue weighted by molar-refractivity contribution is 0.422. The Labute approximate surface area is 114 Å². The van der Waals surface area contributed by atoms with E-state index in [0.717, 1.165) is 17.4 Å². The van der Waals surface area contributed by atoms with Gasteiger partial charge in [0.15, 0.2) is 5.13 Å². The predicted octanol–water partition coefficient (Wildman–Crippen LogP) is 2.77. The van der Waals surface area contributed by atoms with E-state index >= 15 is 0 Å². The molecule has 0 saturated carbocycles. The maximum atomic E-state index is 8.71. The molecule has 1 aromatic rings. The van der Waals surface area contributed by atoms with Crippen LogP contribution in [0.25, 0.3) is 0 Å². The zero-order chi connectivity index (χ0) is 13.8. The van der Waals surface area contributed by atoms with Gasteiger partial charge >= 0.3 is 0 Å². The number of anilines is 1. The maximum absolute atomic E-state index is 8.71. The smallest absolute Gasteiger partial charge is 0.185 e. The molecule has 0 aliphatic rings. The highest BCUT2D eigenvalue weighted by atomic mass is 32.1. The second-order valence-corrected chi connectivity index (χ2v) is 6.38. The Morgan fingerprint density at radius 1 is 1.56 bits per heavy atom. The molecule has 0 radical (unpaired) electrons. The fourth-order valence-electron chi connectivity index (χ4n) is 1.35. The molecule has 0 amide bonds. The second-order valence-electron chi connectivity index (χ2n) is 5.55. The lowest BCUT2D eigenvalue weighted by atomic mass is 10.1. The summed E-state index contributed by atoms with van der Waals surface area (Å²) in [7, 11) is 1.99. The highest BCUT2D eigenvalue weighted by molar-refractivity contribution is 7.13. The average Bonchev–Trinajstić information content (AvgIpc) is 2.73. The van der Waals surface area contributed by atoms with Crippen molar-refractivity contribution in [1.82, 2.24) is 10.3 Å². The van der Waals surface area contributed by atoms with E-state index in [4.69, 9.17) is 5.26 Å². The Hall–Kier alpha value is -1.12. The molecule has 5 heteroatoms. The van der Waals surface area contributed by atoms with Crippen LogP contribution < -0.4 is 10.2 Å². The van der Waals surface area contributed by atoms with E-state index in [1.54, 1.807) is 11.3 Å². The molecule has 0 fully saturated rings. The highest BCUT2D eigenvalue weighted by Gasteiger charge is 2.14. The monoisotopic (exact) mass is 266 g/mol. The number of aromatic nitrogens is 1. The zero-order valence-electron chi connectivity index (χ0n) is 11.8. The predicted molar refractivity (Wildman–Crippen MR) is 76.8 cm³/mol. The summed E-state index contributed by atoms with van der Waals surface area (Å²) in [5.74, 6) is 0. The molecule has 0 aliphatic heterocycles. The summed E-state index contributed by atoms with van der Waals surface area (Å²) in [4.78, 5) is 6.65. The minimum atomic E-state index is 0.101.